The topological polar surface area (TPSA) is 38.0 Å². The molecule has 0 aliphatic carbocycles. The Morgan fingerprint density at radius 2 is 1.89 bits per heavy atom. The van der Waals surface area contributed by atoms with Gasteiger partial charge in [0.15, 0.2) is 0 Å². The van der Waals surface area contributed by atoms with Gasteiger partial charge in [0.25, 0.3) is 0 Å². The van der Waals surface area contributed by atoms with E-state index in [1.165, 1.54) is 6.07 Å². The molecular weight excluding hydrogens is 246 g/mol. The quantitative estimate of drug-likeness (QED) is 0.656. The van der Waals surface area contributed by atoms with Crippen molar-refractivity contribution >= 4 is 0 Å². The van der Waals surface area contributed by atoms with Crippen molar-refractivity contribution in [1.29, 1.82) is 0 Å². The van der Waals surface area contributed by atoms with Crippen LogP contribution in [0.15, 0.2) is 42.5 Å². The third-order valence-corrected chi connectivity index (χ3v) is 3.22. The predicted molar refractivity (Wildman–Crippen MR) is 71.3 cm³/mol. The van der Waals surface area contributed by atoms with E-state index in [2.05, 4.69) is 5.43 Å². The molecule has 0 aromatic heterocycles. The number of aryl methyl sites for hydroxylation is 1. The van der Waals surface area contributed by atoms with Gasteiger partial charge in [0.2, 0.25) is 0 Å². The van der Waals surface area contributed by atoms with Crippen LogP contribution >= 0.6 is 0 Å². The van der Waals surface area contributed by atoms with Gasteiger partial charge in [-0.05, 0) is 42.7 Å². The van der Waals surface area contributed by atoms with Crippen LogP contribution < -0.4 is 11.3 Å². The SMILES string of the molecule is Cc1ccccc1CC(NN)c1cc(F)ccc1F. The summed E-state index contributed by atoms with van der Waals surface area (Å²) in [7, 11) is 0. The van der Waals surface area contributed by atoms with Crippen LogP contribution in [-0.2, 0) is 6.42 Å². The summed E-state index contributed by atoms with van der Waals surface area (Å²) in [5.74, 6) is 4.55. The van der Waals surface area contributed by atoms with Gasteiger partial charge in [-0.3, -0.25) is 11.3 Å². The van der Waals surface area contributed by atoms with Gasteiger partial charge in [0, 0.05) is 5.56 Å². The zero-order valence-electron chi connectivity index (χ0n) is 10.7. The molecule has 0 bridgehead atoms. The lowest BCUT2D eigenvalue weighted by atomic mass is 9.96. The number of benzene rings is 2. The standard InChI is InChI=1S/C15H16F2N2/c1-10-4-2-3-5-11(10)8-15(19-18)13-9-12(16)6-7-14(13)17/h2-7,9,15,19H,8,18H2,1H3. The van der Waals surface area contributed by atoms with Crippen molar-refractivity contribution in [2.24, 2.45) is 5.84 Å². The number of hydrogen-bond donors (Lipinski definition) is 2. The lowest BCUT2D eigenvalue weighted by Gasteiger charge is -2.18. The van der Waals surface area contributed by atoms with Gasteiger partial charge in [0.05, 0.1) is 6.04 Å². The first-order valence-electron chi connectivity index (χ1n) is 6.07. The smallest absolute Gasteiger partial charge is 0.128 e. The van der Waals surface area contributed by atoms with E-state index >= 15 is 0 Å². The molecule has 4 heteroatoms. The second-order valence-corrected chi connectivity index (χ2v) is 4.52. The maximum Gasteiger partial charge on any atom is 0.128 e. The Bertz CT molecular complexity index is 570. The van der Waals surface area contributed by atoms with E-state index < -0.39 is 17.7 Å². The molecule has 2 nitrogen and oxygen atoms in total. The lowest BCUT2D eigenvalue weighted by Crippen LogP contribution is -2.30. The van der Waals surface area contributed by atoms with Gasteiger partial charge in [-0.2, -0.15) is 0 Å². The summed E-state index contributed by atoms with van der Waals surface area (Å²) in [5, 5.41) is 0. The summed E-state index contributed by atoms with van der Waals surface area (Å²) in [5.41, 5.74) is 4.94. The zero-order chi connectivity index (χ0) is 13.8. The Labute approximate surface area is 111 Å². The maximum absolute atomic E-state index is 13.7. The predicted octanol–water partition coefficient (Wildman–Crippen LogP) is 3.02. The molecule has 2 rings (SSSR count). The molecule has 0 heterocycles. The van der Waals surface area contributed by atoms with Gasteiger partial charge in [-0.25, -0.2) is 8.78 Å². The molecular formula is C15H16F2N2. The van der Waals surface area contributed by atoms with Crippen LogP contribution in [-0.4, -0.2) is 0 Å². The van der Waals surface area contributed by atoms with Crippen molar-refractivity contribution in [3.63, 3.8) is 0 Å². The van der Waals surface area contributed by atoms with E-state index in [-0.39, 0.29) is 5.56 Å². The molecule has 0 spiro atoms. The van der Waals surface area contributed by atoms with E-state index in [1.807, 2.05) is 31.2 Å². The van der Waals surface area contributed by atoms with Crippen molar-refractivity contribution in [3.05, 3.63) is 70.8 Å². The Hall–Kier alpha value is -1.78. The fourth-order valence-corrected chi connectivity index (χ4v) is 2.10. The van der Waals surface area contributed by atoms with E-state index in [4.69, 9.17) is 5.84 Å². The number of rotatable bonds is 4. The molecule has 1 unspecified atom stereocenters. The summed E-state index contributed by atoms with van der Waals surface area (Å²) in [6.07, 6.45) is 0.504. The van der Waals surface area contributed by atoms with Gasteiger partial charge in [-0.15, -0.1) is 0 Å². The highest BCUT2D eigenvalue weighted by atomic mass is 19.1. The van der Waals surface area contributed by atoms with E-state index in [1.54, 1.807) is 0 Å². The van der Waals surface area contributed by atoms with Crippen LogP contribution in [0.4, 0.5) is 8.78 Å². The second kappa shape index (κ2) is 5.91. The highest BCUT2D eigenvalue weighted by Gasteiger charge is 2.16. The highest BCUT2D eigenvalue weighted by Crippen LogP contribution is 2.23. The number of nitrogens with two attached hydrogens (primary N) is 1. The third-order valence-electron chi connectivity index (χ3n) is 3.22. The largest absolute Gasteiger partial charge is 0.271 e. The van der Waals surface area contributed by atoms with Crippen LogP contribution in [0, 0.1) is 18.6 Å². The average Bonchev–Trinajstić information content (AvgIpc) is 2.41. The Morgan fingerprint density at radius 1 is 1.16 bits per heavy atom. The molecule has 0 saturated heterocycles. The molecule has 0 saturated carbocycles. The van der Waals surface area contributed by atoms with Crippen molar-refractivity contribution in [3.8, 4) is 0 Å². The second-order valence-electron chi connectivity index (χ2n) is 4.52. The zero-order valence-corrected chi connectivity index (χ0v) is 10.7. The number of hydrazine groups is 1. The van der Waals surface area contributed by atoms with Crippen LogP contribution in [0.5, 0.6) is 0 Å². The molecule has 2 aromatic rings. The van der Waals surface area contributed by atoms with Crippen LogP contribution in [0.1, 0.15) is 22.7 Å². The van der Waals surface area contributed by atoms with Gasteiger partial charge in [-0.1, -0.05) is 24.3 Å². The number of halogens is 2. The summed E-state index contributed by atoms with van der Waals surface area (Å²) in [6, 6.07) is 10.7. The van der Waals surface area contributed by atoms with Crippen LogP contribution in [0.3, 0.4) is 0 Å². The summed E-state index contributed by atoms with van der Waals surface area (Å²) in [4.78, 5) is 0. The Balaban J connectivity index is 2.30. The monoisotopic (exact) mass is 262 g/mol. The average molecular weight is 262 g/mol. The molecule has 100 valence electrons. The first kappa shape index (κ1) is 13.6. The van der Waals surface area contributed by atoms with Crippen LogP contribution in [0.25, 0.3) is 0 Å². The fourth-order valence-electron chi connectivity index (χ4n) is 2.10. The molecule has 0 aliphatic heterocycles. The summed E-state index contributed by atoms with van der Waals surface area (Å²) >= 11 is 0. The van der Waals surface area contributed by atoms with Gasteiger partial charge >= 0.3 is 0 Å². The number of hydrogen-bond acceptors (Lipinski definition) is 2. The third kappa shape index (κ3) is 3.16. The minimum Gasteiger partial charge on any atom is -0.271 e. The fraction of sp³-hybridized carbons (Fsp3) is 0.200. The van der Waals surface area contributed by atoms with Gasteiger partial charge < -0.3 is 0 Å². The van der Waals surface area contributed by atoms with Crippen molar-refractivity contribution in [2.45, 2.75) is 19.4 Å². The molecule has 2 aromatic carbocycles. The molecule has 0 radical (unpaired) electrons. The highest BCUT2D eigenvalue weighted by molar-refractivity contribution is 5.30. The molecule has 0 fully saturated rings. The van der Waals surface area contributed by atoms with Gasteiger partial charge in [0.1, 0.15) is 11.6 Å². The van der Waals surface area contributed by atoms with E-state index in [9.17, 15) is 8.78 Å². The summed E-state index contributed by atoms with van der Waals surface area (Å²) in [6.45, 7) is 1.98. The number of nitrogens with one attached hydrogen (secondary N) is 1. The minimum atomic E-state index is -0.471. The Morgan fingerprint density at radius 3 is 2.58 bits per heavy atom. The van der Waals surface area contributed by atoms with E-state index in [0.717, 1.165) is 23.3 Å². The minimum absolute atomic E-state index is 0.241. The van der Waals surface area contributed by atoms with Crippen molar-refractivity contribution in [1.82, 2.24) is 5.43 Å². The van der Waals surface area contributed by atoms with E-state index in [0.29, 0.717) is 6.42 Å². The molecule has 19 heavy (non-hydrogen) atoms. The first-order valence-corrected chi connectivity index (χ1v) is 6.07. The maximum atomic E-state index is 13.7. The molecule has 3 N–H and O–H groups in total. The summed E-state index contributed by atoms with van der Waals surface area (Å²) < 4.78 is 27.0. The normalized spacial score (nSPS) is 12.4. The Kier molecular flexibility index (Phi) is 4.24. The van der Waals surface area contributed by atoms with Crippen molar-refractivity contribution < 1.29 is 8.78 Å². The molecule has 1 atom stereocenters. The van der Waals surface area contributed by atoms with Crippen LogP contribution in [0.2, 0.25) is 0 Å². The molecule has 0 aliphatic rings. The van der Waals surface area contributed by atoms with Crippen molar-refractivity contribution in [2.75, 3.05) is 0 Å². The lowest BCUT2D eigenvalue weighted by molar-refractivity contribution is 0.502. The first-order chi connectivity index (χ1) is 9.11. The molecule has 0 amide bonds.